The fraction of sp³-hybridized carbons (Fsp3) is 0.310. The van der Waals surface area contributed by atoms with Gasteiger partial charge in [-0.3, -0.25) is 4.79 Å². The molecule has 0 fully saturated rings. The van der Waals surface area contributed by atoms with Gasteiger partial charge in [0.2, 0.25) is 0 Å². The van der Waals surface area contributed by atoms with E-state index in [-0.39, 0.29) is 17.3 Å². The average Bonchev–Trinajstić information content (AvgIpc) is 2.91. The SMILES string of the molecule is CCN(CC)CCCC(NC(=O)C1=CC=CN(C(c2ccccc2)c2ccccc2)C1=C=O)C(=O)O. The molecule has 3 rings (SSSR count). The number of hydrogen-bond donors (Lipinski definition) is 2. The first-order valence-corrected chi connectivity index (χ1v) is 12.3. The van der Waals surface area contributed by atoms with E-state index in [4.69, 9.17) is 0 Å². The van der Waals surface area contributed by atoms with E-state index in [0.717, 1.165) is 30.8 Å². The Balaban J connectivity index is 1.83. The molecule has 7 nitrogen and oxygen atoms in total. The topological polar surface area (TPSA) is 90.0 Å². The number of allylic oxidation sites excluding steroid dienone is 2. The van der Waals surface area contributed by atoms with Crippen molar-refractivity contribution in [2.75, 3.05) is 19.6 Å². The fourth-order valence-corrected chi connectivity index (χ4v) is 4.37. The number of carboxylic acids is 1. The summed E-state index contributed by atoms with van der Waals surface area (Å²) in [5, 5.41) is 12.3. The predicted molar refractivity (Wildman–Crippen MR) is 140 cm³/mol. The van der Waals surface area contributed by atoms with Crippen molar-refractivity contribution in [2.24, 2.45) is 0 Å². The maximum atomic E-state index is 13.2. The van der Waals surface area contributed by atoms with E-state index in [2.05, 4.69) is 24.1 Å². The third kappa shape index (κ3) is 6.60. The van der Waals surface area contributed by atoms with Crippen LogP contribution in [0, 0.1) is 0 Å². The van der Waals surface area contributed by atoms with Crippen molar-refractivity contribution in [1.29, 1.82) is 0 Å². The smallest absolute Gasteiger partial charge is 0.326 e. The molecule has 0 spiro atoms. The molecule has 1 amide bonds. The van der Waals surface area contributed by atoms with Crippen LogP contribution in [0.3, 0.4) is 0 Å². The lowest BCUT2D eigenvalue weighted by atomic mass is 9.94. The minimum absolute atomic E-state index is 0.0555. The monoisotopic (exact) mass is 487 g/mol. The molecule has 0 bridgehead atoms. The van der Waals surface area contributed by atoms with Gasteiger partial charge in [-0.05, 0) is 55.8 Å². The van der Waals surface area contributed by atoms with Crippen LogP contribution in [-0.2, 0) is 14.4 Å². The Bertz CT molecular complexity index is 1090. The van der Waals surface area contributed by atoms with Gasteiger partial charge in [0, 0.05) is 6.20 Å². The summed E-state index contributed by atoms with van der Waals surface area (Å²) >= 11 is 0. The van der Waals surface area contributed by atoms with E-state index in [1.54, 1.807) is 17.2 Å². The Hall–Kier alpha value is -3.93. The van der Waals surface area contributed by atoms with Crippen LogP contribution in [-0.4, -0.2) is 58.4 Å². The Morgan fingerprint density at radius 3 is 2.08 bits per heavy atom. The van der Waals surface area contributed by atoms with Gasteiger partial charge in [-0.15, -0.1) is 0 Å². The van der Waals surface area contributed by atoms with Gasteiger partial charge in [-0.2, -0.15) is 0 Å². The van der Waals surface area contributed by atoms with E-state index in [9.17, 15) is 19.5 Å². The third-order valence-corrected chi connectivity index (χ3v) is 6.34. The molecule has 0 radical (unpaired) electrons. The highest BCUT2D eigenvalue weighted by atomic mass is 16.4. The van der Waals surface area contributed by atoms with E-state index in [0.29, 0.717) is 12.8 Å². The second-order valence-corrected chi connectivity index (χ2v) is 8.54. The summed E-state index contributed by atoms with van der Waals surface area (Å²) in [4.78, 5) is 41.2. The molecule has 1 heterocycles. The van der Waals surface area contributed by atoms with Crippen LogP contribution in [0.15, 0.2) is 90.3 Å². The molecular weight excluding hydrogens is 454 g/mol. The lowest BCUT2D eigenvalue weighted by Gasteiger charge is -2.34. The van der Waals surface area contributed by atoms with Crippen LogP contribution in [0.25, 0.3) is 0 Å². The lowest BCUT2D eigenvalue weighted by molar-refractivity contribution is -0.141. The van der Waals surface area contributed by atoms with Gasteiger partial charge in [0.15, 0.2) is 5.94 Å². The molecule has 0 aliphatic carbocycles. The summed E-state index contributed by atoms with van der Waals surface area (Å²) in [6, 6.07) is 17.9. The van der Waals surface area contributed by atoms with Gasteiger partial charge in [-0.1, -0.05) is 74.5 Å². The van der Waals surface area contributed by atoms with E-state index < -0.39 is 17.9 Å². The molecule has 2 N–H and O–H groups in total. The molecule has 0 saturated heterocycles. The van der Waals surface area contributed by atoms with Crippen molar-refractivity contribution < 1.29 is 19.5 Å². The van der Waals surface area contributed by atoms with Gasteiger partial charge in [-0.25, -0.2) is 9.59 Å². The molecule has 0 saturated carbocycles. The first-order chi connectivity index (χ1) is 17.5. The normalized spacial score (nSPS) is 13.9. The number of carbonyl (C=O) groups excluding carboxylic acids is 2. The lowest BCUT2D eigenvalue weighted by Crippen LogP contribution is -2.43. The van der Waals surface area contributed by atoms with Gasteiger partial charge in [0.05, 0.1) is 11.6 Å². The number of aliphatic carboxylic acids is 1. The summed E-state index contributed by atoms with van der Waals surface area (Å²) in [6.45, 7) is 6.63. The first-order valence-electron chi connectivity index (χ1n) is 12.3. The third-order valence-electron chi connectivity index (χ3n) is 6.34. The van der Waals surface area contributed by atoms with E-state index in [1.807, 2.05) is 66.6 Å². The van der Waals surface area contributed by atoms with Gasteiger partial charge >= 0.3 is 5.97 Å². The number of rotatable bonds is 12. The Kier molecular flexibility index (Phi) is 9.81. The summed E-state index contributed by atoms with van der Waals surface area (Å²) in [5.74, 6) is 0.224. The number of nitrogens with one attached hydrogen (secondary N) is 1. The first kappa shape index (κ1) is 26.7. The van der Waals surface area contributed by atoms with Crippen molar-refractivity contribution in [3.63, 3.8) is 0 Å². The quantitative estimate of drug-likeness (QED) is 0.441. The molecule has 1 aliphatic heterocycles. The molecule has 188 valence electrons. The maximum Gasteiger partial charge on any atom is 0.326 e. The number of carbonyl (C=O) groups is 2. The van der Waals surface area contributed by atoms with Gasteiger partial charge in [0.25, 0.3) is 5.91 Å². The highest BCUT2D eigenvalue weighted by Gasteiger charge is 2.31. The summed E-state index contributed by atoms with van der Waals surface area (Å²) in [6.07, 6.45) is 5.87. The molecule has 1 unspecified atom stereocenters. The van der Waals surface area contributed by atoms with E-state index >= 15 is 0 Å². The van der Waals surface area contributed by atoms with Crippen molar-refractivity contribution in [3.05, 3.63) is 101 Å². The zero-order chi connectivity index (χ0) is 25.9. The van der Waals surface area contributed by atoms with Gasteiger partial charge < -0.3 is 20.2 Å². The highest BCUT2D eigenvalue weighted by Crippen LogP contribution is 2.35. The Morgan fingerprint density at radius 1 is 1.00 bits per heavy atom. The second kappa shape index (κ2) is 13.2. The second-order valence-electron chi connectivity index (χ2n) is 8.54. The maximum absolute atomic E-state index is 13.2. The summed E-state index contributed by atoms with van der Waals surface area (Å²) in [7, 11) is 0. The minimum atomic E-state index is -1.10. The summed E-state index contributed by atoms with van der Waals surface area (Å²) < 4.78 is 0. The van der Waals surface area contributed by atoms with Crippen LogP contribution < -0.4 is 5.32 Å². The molecule has 0 aromatic heterocycles. The number of hydrogen-bond acceptors (Lipinski definition) is 5. The number of nitrogens with zero attached hydrogens (tertiary/aromatic N) is 2. The number of carboxylic acid groups (broad SMARTS) is 1. The van der Waals surface area contributed by atoms with Crippen LogP contribution in [0.5, 0.6) is 0 Å². The van der Waals surface area contributed by atoms with E-state index in [1.165, 1.54) is 6.08 Å². The van der Waals surface area contributed by atoms with Crippen LogP contribution in [0.1, 0.15) is 43.9 Å². The number of benzene rings is 2. The van der Waals surface area contributed by atoms with Crippen molar-refractivity contribution in [3.8, 4) is 0 Å². The fourth-order valence-electron chi connectivity index (χ4n) is 4.37. The molecule has 7 heteroatoms. The standard InChI is InChI=1S/C29H33N3O4/c1-3-31(4-2)19-12-18-25(29(35)36)30-28(34)24-17-11-20-32(26(24)21-33)27(22-13-7-5-8-14-22)23-15-9-6-10-16-23/h5-11,13-17,20,25,27H,3-4,12,18-19H2,1-2H3,(H,30,34)(H,35,36). The van der Waals surface area contributed by atoms with Gasteiger partial charge in [0.1, 0.15) is 11.7 Å². The highest BCUT2D eigenvalue weighted by molar-refractivity contribution is 6.02. The number of amides is 1. The largest absolute Gasteiger partial charge is 0.480 e. The molecular formula is C29H33N3O4. The molecule has 36 heavy (non-hydrogen) atoms. The Labute approximate surface area is 212 Å². The average molecular weight is 488 g/mol. The zero-order valence-corrected chi connectivity index (χ0v) is 20.8. The van der Waals surface area contributed by atoms with Crippen LogP contribution in [0.4, 0.5) is 0 Å². The molecule has 1 aliphatic rings. The summed E-state index contributed by atoms with van der Waals surface area (Å²) in [5.41, 5.74) is 2.00. The molecule has 1 atom stereocenters. The molecule has 2 aromatic rings. The van der Waals surface area contributed by atoms with Crippen molar-refractivity contribution in [2.45, 2.75) is 38.8 Å². The van der Waals surface area contributed by atoms with Crippen molar-refractivity contribution >= 4 is 17.8 Å². The minimum Gasteiger partial charge on any atom is -0.480 e. The Morgan fingerprint density at radius 2 is 1.58 bits per heavy atom. The van der Waals surface area contributed by atoms with Crippen LogP contribution >= 0.6 is 0 Å². The predicted octanol–water partition coefficient (Wildman–Crippen LogP) is 3.94. The van der Waals surface area contributed by atoms with Crippen molar-refractivity contribution in [1.82, 2.24) is 15.1 Å². The molecule has 2 aromatic carbocycles. The van der Waals surface area contributed by atoms with Crippen LogP contribution in [0.2, 0.25) is 0 Å². The zero-order valence-electron chi connectivity index (χ0n) is 20.8.